The van der Waals surface area contributed by atoms with Crippen molar-refractivity contribution in [1.82, 2.24) is 0 Å². The van der Waals surface area contributed by atoms with E-state index in [1.165, 1.54) is 37.1 Å². The quantitative estimate of drug-likeness (QED) is 0.644. The molecule has 3 N–H and O–H groups in total. The van der Waals surface area contributed by atoms with Crippen molar-refractivity contribution in [2.24, 2.45) is 0 Å². The second-order valence-electron chi connectivity index (χ2n) is 7.14. The van der Waals surface area contributed by atoms with E-state index in [2.05, 4.69) is 22.0 Å². The summed E-state index contributed by atoms with van der Waals surface area (Å²) in [6.07, 6.45) is 0. The van der Waals surface area contributed by atoms with Gasteiger partial charge in [-0.3, -0.25) is 9.52 Å². The standard InChI is InChI=1S/C20H26N4O4S/c1-15(25)21-19-14-18(8-9-20(19)28-3)29(26,27)22-16-4-6-17(7-5-16)24-12-10-23(2)11-13-24/h4-9,14,22H,10-13H2,1-3H3,(H,21,25)/p+1. The fourth-order valence-electron chi connectivity index (χ4n) is 3.24. The molecular formula is C20H27N4O4S+. The van der Waals surface area contributed by atoms with E-state index >= 15 is 0 Å². The molecule has 0 unspecified atom stereocenters. The largest absolute Gasteiger partial charge is 0.495 e. The van der Waals surface area contributed by atoms with Crippen LogP contribution in [0.4, 0.5) is 17.1 Å². The summed E-state index contributed by atoms with van der Waals surface area (Å²) < 4.78 is 33.3. The summed E-state index contributed by atoms with van der Waals surface area (Å²) in [7, 11) is -0.174. The Hall–Kier alpha value is -2.78. The maximum atomic E-state index is 12.8. The number of ether oxygens (including phenoxy) is 1. The van der Waals surface area contributed by atoms with Crippen molar-refractivity contribution in [1.29, 1.82) is 0 Å². The van der Waals surface area contributed by atoms with E-state index in [4.69, 9.17) is 4.74 Å². The van der Waals surface area contributed by atoms with Crippen LogP contribution in [0, 0.1) is 0 Å². The molecule has 0 bridgehead atoms. The highest BCUT2D eigenvalue weighted by Gasteiger charge is 2.19. The minimum atomic E-state index is -3.82. The number of sulfonamides is 1. The van der Waals surface area contributed by atoms with Crippen LogP contribution in [0.2, 0.25) is 0 Å². The van der Waals surface area contributed by atoms with E-state index in [1.807, 2.05) is 12.1 Å². The summed E-state index contributed by atoms with van der Waals surface area (Å²) in [5.74, 6) is 0.0735. The van der Waals surface area contributed by atoms with Crippen LogP contribution in [-0.4, -0.2) is 54.7 Å². The van der Waals surface area contributed by atoms with Gasteiger partial charge in [0, 0.05) is 18.3 Å². The number of carbonyl (C=O) groups is 1. The number of quaternary nitrogens is 1. The zero-order chi connectivity index (χ0) is 21.0. The number of nitrogens with zero attached hydrogens (tertiary/aromatic N) is 1. The lowest BCUT2D eigenvalue weighted by Gasteiger charge is -2.31. The number of anilines is 3. The predicted octanol–water partition coefficient (Wildman–Crippen LogP) is 0.789. The zero-order valence-electron chi connectivity index (χ0n) is 16.9. The lowest BCUT2D eigenvalue weighted by Crippen LogP contribution is -3.12. The number of benzene rings is 2. The Kier molecular flexibility index (Phi) is 6.29. The molecule has 0 spiro atoms. The lowest BCUT2D eigenvalue weighted by atomic mass is 10.2. The molecule has 156 valence electrons. The topological polar surface area (TPSA) is 92.2 Å². The number of methoxy groups -OCH3 is 1. The Balaban J connectivity index is 1.76. The molecule has 2 aromatic rings. The minimum absolute atomic E-state index is 0.0353. The van der Waals surface area contributed by atoms with Crippen LogP contribution in [0.25, 0.3) is 0 Å². The van der Waals surface area contributed by atoms with E-state index in [1.54, 1.807) is 12.1 Å². The molecule has 0 aromatic heterocycles. The summed E-state index contributed by atoms with van der Waals surface area (Å²) in [6, 6.07) is 11.7. The van der Waals surface area contributed by atoms with Gasteiger partial charge in [0.15, 0.2) is 0 Å². The molecule has 0 aliphatic carbocycles. The summed E-state index contributed by atoms with van der Waals surface area (Å²) in [4.78, 5) is 15.2. The molecule has 8 nitrogen and oxygen atoms in total. The maximum Gasteiger partial charge on any atom is 0.261 e. The summed E-state index contributed by atoms with van der Waals surface area (Å²) in [5.41, 5.74) is 1.86. The van der Waals surface area contributed by atoms with E-state index in [-0.39, 0.29) is 10.8 Å². The van der Waals surface area contributed by atoms with Gasteiger partial charge in [-0.25, -0.2) is 8.42 Å². The Labute approximate surface area is 171 Å². The molecule has 1 heterocycles. The molecule has 1 saturated heterocycles. The van der Waals surface area contributed by atoms with Gasteiger partial charge in [-0.15, -0.1) is 0 Å². The van der Waals surface area contributed by atoms with Crippen molar-refractivity contribution in [2.45, 2.75) is 11.8 Å². The first-order valence-electron chi connectivity index (χ1n) is 9.43. The average molecular weight is 420 g/mol. The molecule has 0 atom stereocenters. The van der Waals surface area contributed by atoms with Gasteiger partial charge in [-0.1, -0.05) is 0 Å². The first-order valence-corrected chi connectivity index (χ1v) is 10.9. The first-order chi connectivity index (χ1) is 13.8. The number of nitrogens with one attached hydrogen (secondary N) is 3. The highest BCUT2D eigenvalue weighted by atomic mass is 32.2. The van der Waals surface area contributed by atoms with Crippen LogP contribution >= 0.6 is 0 Å². The Morgan fingerprint density at radius 1 is 1.10 bits per heavy atom. The predicted molar refractivity (Wildman–Crippen MR) is 113 cm³/mol. The van der Waals surface area contributed by atoms with Crippen LogP contribution in [0.1, 0.15) is 6.92 Å². The van der Waals surface area contributed by atoms with Crippen molar-refractivity contribution in [3.8, 4) is 5.75 Å². The van der Waals surface area contributed by atoms with Gasteiger partial charge in [0.25, 0.3) is 10.0 Å². The fourth-order valence-corrected chi connectivity index (χ4v) is 4.33. The van der Waals surface area contributed by atoms with Gasteiger partial charge in [0.1, 0.15) is 5.75 Å². The van der Waals surface area contributed by atoms with Crippen molar-refractivity contribution in [2.75, 3.05) is 55.3 Å². The SMILES string of the molecule is COc1ccc(S(=O)(=O)Nc2ccc(N3CC[NH+](C)CC3)cc2)cc1NC(C)=O. The van der Waals surface area contributed by atoms with Crippen molar-refractivity contribution >= 4 is 33.0 Å². The number of rotatable bonds is 6. The Morgan fingerprint density at radius 3 is 2.34 bits per heavy atom. The molecule has 2 aromatic carbocycles. The Bertz CT molecular complexity index is 968. The number of carbonyl (C=O) groups excluding carboxylic acids is 1. The van der Waals surface area contributed by atoms with Crippen LogP contribution < -0.4 is 24.6 Å². The van der Waals surface area contributed by atoms with Crippen molar-refractivity contribution < 1.29 is 22.8 Å². The molecule has 1 fully saturated rings. The van der Waals surface area contributed by atoms with Gasteiger partial charge in [0.05, 0.1) is 50.9 Å². The van der Waals surface area contributed by atoms with Gasteiger partial charge in [-0.2, -0.15) is 0 Å². The van der Waals surface area contributed by atoms with Crippen LogP contribution in [0.5, 0.6) is 5.75 Å². The molecule has 1 aliphatic heterocycles. The molecule has 3 rings (SSSR count). The van der Waals surface area contributed by atoms with E-state index in [9.17, 15) is 13.2 Å². The number of likely N-dealkylation sites (N-methyl/N-ethyl adjacent to an activating group) is 1. The summed E-state index contributed by atoms with van der Waals surface area (Å²) in [6.45, 7) is 5.48. The second-order valence-corrected chi connectivity index (χ2v) is 8.82. The second kappa shape index (κ2) is 8.71. The van der Waals surface area contributed by atoms with E-state index in [0.29, 0.717) is 17.1 Å². The molecule has 1 amide bonds. The first kappa shape index (κ1) is 20.9. The third-order valence-corrected chi connectivity index (χ3v) is 6.27. The maximum absolute atomic E-state index is 12.8. The fraction of sp³-hybridized carbons (Fsp3) is 0.350. The van der Waals surface area contributed by atoms with E-state index < -0.39 is 10.0 Å². The Morgan fingerprint density at radius 2 is 1.76 bits per heavy atom. The zero-order valence-corrected chi connectivity index (χ0v) is 17.7. The molecule has 9 heteroatoms. The summed E-state index contributed by atoms with van der Waals surface area (Å²) in [5, 5.41) is 2.58. The number of piperazine rings is 1. The summed E-state index contributed by atoms with van der Waals surface area (Å²) >= 11 is 0. The van der Waals surface area contributed by atoms with Crippen molar-refractivity contribution in [3.05, 3.63) is 42.5 Å². The lowest BCUT2D eigenvalue weighted by molar-refractivity contribution is -0.880. The minimum Gasteiger partial charge on any atom is -0.495 e. The number of amides is 1. The highest BCUT2D eigenvalue weighted by Crippen LogP contribution is 2.29. The smallest absolute Gasteiger partial charge is 0.261 e. The van der Waals surface area contributed by atoms with E-state index in [0.717, 1.165) is 31.9 Å². The van der Waals surface area contributed by atoms with Gasteiger partial charge in [0.2, 0.25) is 5.91 Å². The van der Waals surface area contributed by atoms with Gasteiger partial charge in [-0.05, 0) is 42.5 Å². The average Bonchev–Trinajstić information content (AvgIpc) is 2.68. The normalized spacial score (nSPS) is 15.1. The number of hydrogen-bond donors (Lipinski definition) is 3. The van der Waals surface area contributed by atoms with Gasteiger partial charge >= 0.3 is 0 Å². The molecule has 1 aliphatic rings. The molecule has 0 radical (unpaired) electrons. The van der Waals surface area contributed by atoms with Crippen LogP contribution in [0.3, 0.4) is 0 Å². The third-order valence-electron chi connectivity index (χ3n) is 4.89. The third kappa shape index (κ3) is 5.18. The molecule has 0 saturated carbocycles. The van der Waals surface area contributed by atoms with Crippen molar-refractivity contribution in [3.63, 3.8) is 0 Å². The molecule has 29 heavy (non-hydrogen) atoms. The molecular weight excluding hydrogens is 392 g/mol. The highest BCUT2D eigenvalue weighted by molar-refractivity contribution is 7.92. The number of hydrogen-bond acceptors (Lipinski definition) is 5. The van der Waals surface area contributed by atoms with Crippen LogP contribution in [0.15, 0.2) is 47.4 Å². The van der Waals surface area contributed by atoms with Crippen LogP contribution in [-0.2, 0) is 14.8 Å². The van der Waals surface area contributed by atoms with Gasteiger partial charge < -0.3 is 19.9 Å². The monoisotopic (exact) mass is 419 g/mol.